The zero-order valence-electron chi connectivity index (χ0n) is 46.0. The van der Waals surface area contributed by atoms with Gasteiger partial charge in [-0.3, -0.25) is 0 Å². The quantitative estimate of drug-likeness (QED) is 0.0698. The molecular weight excluding hydrogens is 885 g/mol. The molecule has 8 nitrogen and oxygen atoms in total. The second kappa shape index (κ2) is 32.1. The van der Waals surface area contributed by atoms with Crippen LogP contribution in [0.15, 0.2) is 79.5 Å². The molecule has 1 atom stereocenters. The largest absolute Gasteiger partial charge is 0.457 e. The van der Waals surface area contributed by atoms with Gasteiger partial charge in [0.1, 0.15) is 22.6 Å². The smallest absolute Gasteiger partial charge is 0.339 e. The summed E-state index contributed by atoms with van der Waals surface area (Å²) in [7, 11) is 0. The Morgan fingerprint density at radius 2 is 0.901 bits per heavy atom. The number of carbonyl (C=O) groups excluding carboxylic acids is 4. The highest BCUT2D eigenvalue weighted by Gasteiger charge is 2.36. The normalized spacial score (nSPS) is 18.8. The van der Waals surface area contributed by atoms with E-state index in [0.717, 1.165) is 41.7 Å². The van der Waals surface area contributed by atoms with Gasteiger partial charge in [0, 0.05) is 29.7 Å². The van der Waals surface area contributed by atoms with Gasteiger partial charge in [0.2, 0.25) is 0 Å². The molecule has 0 bridgehead atoms. The van der Waals surface area contributed by atoms with E-state index in [9.17, 15) is 19.2 Å². The first kappa shape index (κ1) is 61.1. The molecular formula is C63H98O8. The maximum absolute atomic E-state index is 14.8. The molecule has 0 saturated heterocycles. The van der Waals surface area contributed by atoms with E-state index in [1.807, 2.05) is 19.1 Å². The first-order valence-corrected chi connectivity index (χ1v) is 28.1. The molecule has 3 saturated carbocycles. The Kier molecular flexibility index (Phi) is 27.6. The minimum Gasteiger partial charge on any atom is -0.457 e. The van der Waals surface area contributed by atoms with Gasteiger partial charge in [0.05, 0.1) is 0 Å². The maximum atomic E-state index is 14.8. The van der Waals surface area contributed by atoms with E-state index >= 15 is 0 Å². The highest BCUT2D eigenvalue weighted by molar-refractivity contribution is 5.92. The van der Waals surface area contributed by atoms with Crippen LogP contribution in [0.4, 0.5) is 0 Å². The molecule has 398 valence electrons. The molecule has 0 spiro atoms. The molecule has 3 aliphatic carbocycles. The second-order valence-corrected chi connectivity index (χ2v) is 23.1. The van der Waals surface area contributed by atoms with Crippen LogP contribution in [0.25, 0.3) is 5.57 Å². The lowest BCUT2D eigenvalue weighted by molar-refractivity contribution is -0.160. The summed E-state index contributed by atoms with van der Waals surface area (Å²) in [5, 5.41) is 0. The lowest BCUT2D eigenvalue weighted by Gasteiger charge is -2.34. The topological polar surface area (TPSA) is 105 Å². The van der Waals surface area contributed by atoms with E-state index in [4.69, 9.17) is 18.9 Å². The molecule has 0 amide bonds. The van der Waals surface area contributed by atoms with Crippen molar-refractivity contribution in [1.29, 1.82) is 0 Å². The molecule has 0 radical (unpaired) electrons. The van der Waals surface area contributed by atoms with Crippen LogP contribution in [0.3, 0.4) is 0 Å². The Labute approximate surface area is 432 Å². The number of carbonyl (C=O) groups is 4. The standard InChI is InChI=1S/C42H66O2.C21H32O6/c1-34(2)35-30-32-39(33-31-35)44-42(43)41(38-28-22-16-10-5-11-17-23-29-38)40(36-24-18-12-6-3-7-13-19-25-36)37-26-20-14-8-4-9-15-21-27-37;1-10-16(22)25-20(7,8)12-13-21(9,26-17(23)11-2)14-15(3)18(24)27-19(4,5)6/h30-33,36-38H,1,3-29H2,2H3;10-11H,1-3,12-14H2,4-9H3. The summed E-state index contributed by atoms with van der Waals surface area (Å²) in [6.07, 6.45) is 38.5. The van der Waals surface area contributed by atoms with Crippen LogP contribution in [0.5, 0.6) is 5.75 Å². The van der Waals surface area contributed by atoms with Crippen molar-refractivity contribution in [3.8, 4) is 5.75 Å². The Morgan fingerprint density at radius 1 is 0.521 bits per heavy atom. The van der Waals surface area contributed by atoms with Gasteiger partial charge in [-0.05, 0) is 135 Å². The Bertz CT molecular complexity index is 1820. The third-order valence-electron chi connectivity index (χ3n) is 14.8. The molecule has 1 aromatic carbocycles. The predicted octanol–water partition coefficient (Wildman–Crippen LogP) is 17.4. The van der Waals surface area contributed by atoms with Gasteiger partial charge in [0.15, 0.2) is 0 Å². The van der Waals surface area contributed by atoms with Crippen molar-refractivity contribution in [3.05, 3.63) is 85.0 Å². The van der Waals surface area contributed by atoms with Gasteiger partial charge in [-0.2, -0.15) is 0 Å². The Balaban J connectivity index is 0.000000426. The highest BCUT2D eigenvalue weighted by atomic mass is 16.6. The molecule has 0 aliphatic heterocycles. The first-order chi connectivity index (χ1) is 33.8. The molecule has 0 N–H and O–H groups in total. The number of ether oxygens (including phenoxy) is 4. The zero-order chi connectivity index (χ0) is 52.3. The summed E-state index contributed by atoms with van der Waals surface area (Å²) in [5.41, 5.74) is 2.57. The molecule has 0 aromatic heterocycles. The molecule has 0 heterocycles. The Hall–Kier alpha value is -4.20. The zero-order valence-corrected chi connectivity index (χ0v) is 46.0. The number of hydrogen-bond acceptors (Lipinski definition) is 8. The van der Waals surface area contributed by atoms with Crippen LogP contribution in [0, 0.1) is 17.8 Å². The SMILES string of the molecule is C=C(C)c1ccc(OC(=O)C(=C(C2CCCCCCCCC2)C2CCCCCCCCC2)C2CCCCCCCCC2)cc1.C=CC(=O)OC(C)(C)CCC(C)(CC(=C)C(=O)OC(C)(C)C)OC(=O)C=C. The lowest BCUT2D eigenvalue weighted by atomic mass is 9.71. The summed E-state index contributed by atoms with van der Waals surface area (Å²) >= 11 is 0. The monoisotopic (exact) mass is 983 g/mol. The lowest BCUT2D eigenvalue weighted by Crippen LogP contribution is -2.37. The summed E-state index contributed by atoms with van der Waals surface area (Å²) in [4.78, 5) is 50.2. The van der Waals surface area contributed by atoms with Gasteiger partial charge >= 0.3 is 23.9 Å². The van der Waals surface area contributed by atoms with Gasteiger partial charge in [-0.25, -0.2) is 19.2 Å². The van der Waals surface area contributed by atoms with Crippen LogP contribution < -0.4 is 4.74 Å². The number of allylic oxidation sites excluding steroid dienone is 2. The van der Waals surface area contributed by atoms with Crippen molar-refractivity contribution >= 4 is 29.5 Å². The second-order valence-electron chi connectivity index (χ2n) is 23.1. The first-order valence-electron chi connectivity index (χ1n) is 28.1. The third kappa shape index (κ3) is 24.4. The summed E-state index contributed by atoms with van der Waals surface area (Å²) in [6.45, 7) is 27.1. The fourth-order valence-corrected chi connectivity index (χ4v) is 10.9. The summed E-state index contributed by atoms with van der Waals surface area (Å²) < 4.78 is 22.5. The van der Waals surface area contributed by atoms with Crippen LogP contribution in [-0.2, 0) is 33.4 Å². The van der Waals surface area contributed by atoms with Crippen molar-refractivity contribution in [2.24, 2.45) is 17.8 Å². The molecule has 3 fully saturated rings. The molecule has 1 aromatic rings. The van der Waals surface area contributed by atoms with Crippen molar-refractivity contribution in [3.63, 3.8) is 0 Å². The van der Waals surface area contributed by atoms with Crippen molar-refractivity contribution in [2.75, 3.05) is 0 Å². The van der Waals surface area contributed by atoms with Crippen molar-refractivity contribution in [2.45, 2.75) is 258 Å². The predicted molar refractivity (Wildman–Crippen MR) is 293 cm³/mol. The number of benzene rings is 1. The number of hydrogen-bond donors (Lipinski definition) is 0. The Morgan fingerprint density at radius 3 is 1.28 bits per heavy atom. The van der Waals surface area contributed by atoms with Gasteiger partial charge in [0.25, 0.3) is 0 Å². The molecule has 71 heavy (non-hydrogen) atoms. The number of rotatable bonds is 16. The molecule has 4 rings (SSSR count). The maximum Gasteiger partial charge on any atom is 0.339 e. The fourth-order valence-electron chi connectivity index (χ4n) is 10.9. The third-order valence-corrected chi connectivity index (χ3v) is 14.8. The van der Waals surface area contributed by atoms with Gasteiger partial charge < -0.3 is 18.9 Å². The van der Waals surface area contributed by atoms with Crippen LogP contribution in [-0.4, -0.2) is 40.7 Å². The van der Waals surface area contributed by atoms with Crippen LogP contribution >= 0.6 is 0 Å². The van der Waals surface area contributed by atoms with Crippen molar-refractivity contribution < 1.29 is 38.1 Å². The fraction of sp³-hybridized carbons (Fsp3) is 0.683. The highest BCUT2D eigenvalue weighted by Crippen LogP contribution is 2.43. The van der Waals surface area contributed by atoms with E-state index in [-0.39, 0.29) is 18.0 Å². The van der Waals surface area contributed by atoms with Crippen molar-refractivity contribution in [1.82, 2.24) is 0 Å². The van der Waals surface area contributed by atoms with Crippen LogP contribution in [0.1, 0.15) is 247 Å². The van der Waals surface area contributed by atoms with E-state index in [1.165, 1.54) is 161 Å². The average Bonchev–Trinajstić information content (AvgIpc) is 3.32. The van der Waals surface area contributed by atoms with Crippen LogP contribution in [0.2, 0.25) is 0 Å². The molecule has 1 unspecified atom stereocenters. The average molecular weight is 983 g/mol. The van der Waals surface area contributed by atoms with E-state index in [0.29, 0.717) is 36.3 Å². The summed E-state index contributed by atoms with van der Waals surface area (Å²) in [6, 6.07) is 8.08. The minimum atomic E-state index is -1.04. The number of esters is 4. The van der Waals surface area contributed by atoms with E-state index in [1.54, 1.807) is 47.1 Å². The molecule has 8 heteroatoms. The van der Waals surface area contributed by atoms with Gasteiger partial charge in [-0.1, -0.05) is 184 Å². The van der Waals surface area contributed by atoms with E-state index < -0.39 is 34.7 Å². The molecule has 3 aliphatic rings. The van der Waals surface area contributed by atoms with Gasteiger partial charge in [-0.15, -0.1) is 0 Å². The minimum absolute atomic E-state index is 0.0145. The summed E-state index contributed by atoms with van der Waals surface area (Å²) in [5.74, 6) is 0.401. The van der Waals surface area contributed by atoms with E-state index in [2.05, 4.69) is 38.4 Å².